The number of anilines is 1. The van der Waals surface area contributed by atoms with E-state index in [-0.39, 0.29) is 17.1 Å². The van der Waals surface area contributed by atoms with Gasteiger partial charge in [0, 0.05) is 11.1 Å². The maximum absolute atomic E-state index is 12.1. The zero-order valence-corrected chi connectivity index (χ0v) is 16.6. The summed E-state index contributed by atoms with van der Waals surface area (Å²) < 4.78 is 1.32. The Morgan fingerprint density at radius 1 is 1.15 bits per heavy atom. The summed E-state index contributed by atoms with van der Waals surface area (Å²) >= 11 is 1.45. The minimum atomic E-state index is -1.17. The van der Waals surface area contributed by atoms with Crippen molar-refractivity contribution in [2.75, 3.05) is 11.1 Å². The van der Waals surface area contributed by atoms with Gasteiger partial charge in [0.15, 0.2) is 5.54 Å². The highest BCUT2D eigenvalue weighted by Crippen LogP contribution is 2.26. The first-order valence-corrected chi connectivity index (χ1v) is 9.30. The third-order valence-electron chi connectivity index (χ3n) is 4.05. The van der Waals surface area contributed by atoms with Crippen LogP contribution >= 0.6 is 11.8 Å². The molecule has 2 rings (SSSR count). The molecule has 0 spiro atoms. The summed E-state index contributed by atoms with van der Waals surface area (Å²) in [5, 5.41) is 16.0. The van der Waals surface area contributed by atoms with Crippen LogP contribution < -0.4 is 5.32 Å². The average molecular weight is 375 g/mol. The van der Waals surface area contributed by atoms with Crippen LogP contribution in [0.15, 0.2) is 41.6 Å². The maximum Gasteiger partial charge on any atom is 0.331 e. The third kappa shape index (κ3) is 4.88. The van der Waals surface area contributed by atoms with Crippen molar-refractivity contribution in [1.82, 2.24) is 9.78 Å². The van der Waals surface area contributed by atoms with Crippen molar-refractivity contribution in [3.63, 3.8) is 0 Å². The molecule has 0 bridgehead atoms. The molecule has 0 aliphatic rings. The molecule has 0 radical (unpaired) electrons. The molecule has 2 N–H and O–H groups in total. The fourth-order valence-electron chi connectivity index (χ4n) is 2.19. The largest absolute Gasteiger partial charge is 0.479 e. The molecule has 0 aliphatic heterocycles. The molecule has 1 amide bonds. The molecule has 2 aromatic rings. The monoisotopic (exact) mass is 375 g/mol. The van der Waals surface area contributed by atoms with Crippen molar-refractivity contribution in [1.29, 1.82) is 0 Å². The Kier molecular flexibility index (Phi) is 5.81. The van der Waals surface area contributed by atoms with Gasteiger partial charge in [-0.2, -0.15) is 5.10 Å². The van der Waals surface area contributed by atoms with E-state index in [2.05, 4.69) is 43.3 Å². The van der Waals surface area contributed by atoms with Gasteiger partial charge in [0.25, 0.3) is 0 Å². The van der Waals surface area contributed by atoms with Gasteiger partial charge >= 0.3 is 5.97 Å². The lowest BCUT2D eigenvalue weighted by molar-refractivity contribution is -0.146. The second-order valence-corrected chi connectivity index (χ2v) is 8.70. The van der Waals surface area contributed by atoms with E-state index >= 15 is 0 Å². The molecule has 26 heavy (non-hydrogen) atoms. The molecule has 0 saturated carbocycles. The molecule has 7 heteroatoms. The molecular weight excluding hydrogens is 350 g/mol. The highest BCUT2D eigenvalue weighted by Gasteiger charge is 2.30. The van der Waals surface area contributed by atoms with Crippen LogP contribution in [0.3, 0.4) is 0 Å². The van der Waals surface area contributed by atoms with Gasteiger partial charge in [0.2, 0.25) is 5.91 Å². The van der Waals surface area contributed by atoms with Crippen molar-refractivity contribution in [2.45, 2.75) is 50.5 Å². The van der Waals surface area contributed by atoms with Crippen LogP contribution in [-0.4, -0.2) is 32.5 Å². The summed E-state index contributed by atoms with van der Waals surface area (Å²) in [6, 6.07) is 8.20. The van der Waals surface area contributed by atoms with Gasteiger partial charge in [-0.05, 0) is 37.0 Å². The Morgan fingerprint density at radius 2 is 1.77 bits per heavy atom. The Labute approximate surface area is 158 Å². The summed E-state index contributed by atoms with van der Waals surface area (Å²) in [5.41, 5.74) is 0.657. The predicted octanol–water partition coefficient (Wildman–Crippen LogP) is 3.73. The number of benzene rings is 1. The first-order valence-electron chi connectivity index (χ1n) is 8.32. The number of carbonyl (C=O) groups is 2. The lowest BCUT2D eigenvalue weighted by Crippen LogP contribution is -2.35. The molecule has 6 nitrogen and oxygen atoms in total. The highest BCUT2D eigenvalue weighted by molar-refractivity contribution is 8.00. The van der Waals surface area contributed by atoms with Crippen LogP contribution in [0.2, 0.25) is 0 Å². The Balaban J connectivity index is 1.92. The van der Waals surface area contributed by atoms with E-state index in [4.69, 9.17) is 0 Å². The maximum atomic E-state index is 12.1. The normalized spacial score (nSPS) is 12.0. The minimum absolute atomic E-state index is 0.102. The van der Waals surface area contributed by atoms with Crippen LogP contribution in [0.5, 0.6) is 0 Å². The zero-order chi connectivity index (χ0) is 19.5. The third-order valence-corrected chi connectivity index (χ3v) is 5.06. The Hall–Kier alpha value is -2.28. The molecule has 0 unspecified atom stereocenters. The number of carboxylic acid groups (broad SMARTS) is 1. The predicted molar refractivity (Wildman–Crippen MR) is 104 cm³/mol. The van der Waals surface area contributed by atoms with E-state index in [9.17, 15) is 14.7 Å². The van der Waals surface area contributed by atoms with Crippen molar-refractivity contribution in [3.8, 4) is 0 Å². The SMILES string of the molecule is CC(C)(C)c1ccc(SCC(=O)Nc2cnn(C(C)(C)C(=O)O)c2)cc1. The second kappa shape index (κ2) is 7.53. The fraction of sp³-hybridized carbons (Fsp3) is 0.421. The first-order chi connectivity index (χ1) is 12.0. The molecule has 1 aromatic carbocycles. The average Bonchev–Trinajstić information content (AvgIpc) is 3.01. The van der Waals surface area contributed by atoms with Gasteiger partial charge in [-0.3, -0.25) is 9.48 Å². The van der Waals surface area contributed by atoms with E-state index in [0.717, 1.165) is 4.90 Å². The van der Waals surface area contributed by atoms with E-state index < -0.39 is 11.5 Å². The summed E-state index contributed by atoms with van der Waals surface area (Å²) in [5.74, 6) is -0.891. The molecule has 0 aliphatic carbocycles. The number of hydrogen-bond acceptors (Lipinski definition) is 4. The van der Waals surface area contributed by atoms with Crippen molar-refractivity contribution in [2.24, 2.45) is 0 Å². The summed E-state index contributed by atoms with van der Waals surface area (Å²) in [6.45, 7) is 9.58. The number of nitrogens with one attached hydrogen (secondary N) is 1. The van der Waals surface area contributed by atoms with E-state index in [0.29, 0.717) is 5.69 Å². The number of amides is 1. The van der Waals surface area contributed by atoms with Crippen LogP contribution in [0.1, 0.15) is 40.2 Å². The van der Waals surface area contributed by atoms with Gasteiger partial charge < -0.3 is 10.4 Å². The molecule has 0 fully saturated rings. The van der Waals surface area contributed by atoms with E-state index in [1.165, 1.54) is 34.4 Å². The summed E-state index contributed by atoms with van der Waals surface area (Å²) in [4.78, 5) is 24.4. The van der Waals surface area contributed by atoms with Crippen LogP contribution in [0, 0.1) is 0 Å². The van der Waals surface area contributed by atoms with Gasteiger partial charge in [0.1, 0.15) is 0 Å². The molecule has 0 saturated heterocycles. The fourth-order valence-corrected chi connectivity index (χ4v) is 2.89. The van der Waals surface area contributed by atoms with Crippen LogP contribution in [0.25, 0.3) is 0 Å². The summed E-state index contributed by atoms with van der Waals surface area (Å²) in [7, 11) is 0. The van der Waals surface area contributed by atoms with Crippen molar-refractivity contribution >= 4 is 29.3 Å². The van der Waals surface area contributed by atoms with Crippen molar-refractivity contribution < 1.29 is 14.7 Å². The number of aromatic nitrogens is 2. The second-order valence-electron chi connectivity index (χ2n) is 7.65. The van der Waals surface area contributed by atoms with Crippen LogP contribution in [0.4, 0.5) is 5.69 Å². The molecule has 0 atom stereocenters. The molecule has 1 heterocycles. The number of carboxylic acids is 1. The topological polar surface area (TPSA) is 84.2 Å². The lowest BCUT2D eigenvalue weighted by atomic mass is 9.87. The number of thioether (sulfide) groups is 1. The zero-order valence-electron chi connectivity index (χ0n) is 15.7. The number of nitrogens with zero attached hydrogens (tertiary/aromatic N) is 2. The van der Waals surface area contributed by atoms with Gasteiger partial charge in [-0.15, -0.1) is 11.8 Å². The Morgan fingerprint density at radius 3 is 2.31 bits per heavy atom. The van der Waals surface area contributed by atoms with E-state index in [1.54, 1.807) is 13.8 Å². The standard InChI is InChI=1S/C19H25N3O3S/c1-18(2,3)13-6-8-15(9-7-13)26-12-16(23)21-14-10-20-22(11-14)19(4,5)17(24)25/h6-11H,12H2,1-5H3,(H,21,23)(H,24,25). The van der Waals surface area contributed by atoms with E-state index in [1.807, 2.05) is 12.1 Å². The van der Waals surface area contributed by atoms with Crippen LogP contribution in [-0.2, 0) is 20.5 Å². The van der Waals surface area contributed by atoms with Gasteiger partial charge in [-0.25, -0.2) is 4.79 Å². The Bertz CT molecular complexity index is 789. The number of carbonyl (C=O) groups excluding carboxylic acids is 1. The highest BCUT2D eigenvalue weighted by atomic mass is 32.2. The van der Waals surface area contributed by atoms with Gasteiger partial charge in [-0.1, -0.05) is 32.9 Å². The van der Waals surface area contributed by atoms with Crippen molar-refractivity contribution in [3.05, 3.63) is 42.2 Å². The molecule has 1 aromatic heterocycles. The number of hydrogen-bond donors (Lipinski definition) is 2. The minimum Gasteiger partial charge on any atom is -0.479 e. The number of aliphatic carboxylic acids is 1. The van der Waals surface area contributed by atoms with Gasteiger partial charge in [0.05, 0.1) is 17.6 Å². The molecular formula is C19H25N3O3S. The number of rotatable bonds is 6. The summed E-state index contributed by atoms with van der Waals surface area (Å²) in [6.07, 6.45) is 2.97. The molecule has 140 valence electrons. The quantitative estimate of drug-likeness (QED) is 0.752. The first kappa shape index (κ1) is 20.0. The lowest BCUT2D eigenvalue weighted by Gasteiger charge is -2.19. The smallest absolute Gasteiger partial charge is 0.331 e.